The lowest BCUT2D eigenvalue weighted by Crippen LogP contribution is -2.10. The van der Waals surface area contributed by atoms with Gasteiger partial charge in [-0.3, -0.25) is 0 Å². The van der Waals surface area contributed by atoms with E-state index in [1.165, 1.54) is 5.69 Å². The van der Waals surface area contributed by atoms with Crippen LogP contribution in [0.4, 0.5) is 11.4 Å². The highest BCUT2D eigenvalue weighted by Gasteiger charge is 1.98. The normalized spacial score (nSPS) is 10.9. The Morgan fingerprint density at radius 2 is 1.69 bits per heavy atom. The van der Waals surface area contributed by atoms with Gasteiger partial charge >= 0.3 is 0 Å². The minimum atomic E-state index is 0.653. The second kappa shape index (κ2) is 6.41. The lowest BCUT2D eigenvalue weighted by molar-refractivity contribution is 0.687. The van der Waals surface area contributed by atoms with E-state index in [-0.39, 0.29) is 0 Å². The molecule has 0 unspecified atom stereocenters. The molecule has 0 aromatic heterocycles. The molecule has 0 aliphatic rings. The first kappa shape index (κ1) is 12.9. The van der Waals surface area contributed by atoms with Crippen molar-refractivity contribution in [1.82, 2.24) is 0 Å². The van der Waals surface area contributed by atoms with Gasteiger partial charge in [0.2, 0.25) is 0 Å². The molecule has 0 heterocycles. The summed E-state index contributed by atoms with van der Waals surface area (Å²) >= 11 is 0. The van der Waals surface area contributed by atoms with Crippen molar-refractivity contribution in [2.45, 2.75) is 27.7 Å². The molecule has 1 radical (unpaired) electrons. The van der Waals surface area contributed by atoms with Crippen LogP contribution < -0.4 is 10.6 Å². The summed E-state index contributed by atoms with van der Waals surface area (Å²) in [6.45, 7) is 10.8. The van der Waals surface area contributed by atoms with E-state index in [1.54, 1.807) is 0 Å². The van der Waals surface area contributed by atoms with Crippen molar-refractivity contribution in [3.05, 3.63) is 24.3 Å². The molecule has 1 aromatic rings. The molecule has 0 bridgehead atoms. The van der Waals surface area contributed by atoms with Crippen LogP contribution in [0.5, 0.6) is 0 Å². The van der Waals surface area contributed by atoms with Crippen molar-refractivity contribution in [1.29, 1.82) is 0 Å². The van der Waals surface area contributed by atoms with Gasteiger partial charge in [0.1, 0.15) is 0 Å². The van der Waals surface area contributed by atoms with Crippen LogP contribution in [-0.2, 0) is 0 Å². The van der Waals surface area contributed by atoms with E-state index >= 15 is 0 Å². The maximum atomic E-state index is 3.41. The van der Waals surface area contributed by atoms with Crippen LogP contribution >= 0.6 is 0 Å². The van der Waals surface area contributed by atoms with E-state index in [0.29, 0.717) is 11.8 Å². The van der Waals surface area contributed by atoms with E-state index < -0.39 is 0 Å². The molecule has 2 heteroatoms. The van der Waals surface area contributed by atoms with Gasteiger partial charge < -0.3 is 10.6 Å². The van der Waals surface area contributed by atoms with E-state index in [9.17, 15) is 0 Å². The Morgan fingerprint density at radius 1 is 1.06 bits per heavy atom. The summed E-state index contributed by atoms with van der Waals surface area (Å²) in [5, 5.41) is 6.79. The lowest BCUT2D eigenvalue weighted by atomic mass is 10.2. The fourth-order valence-corrected chi connectivity index (χ4v) is 1.31. The van der Waals surface area contributed by atoms with Crippen LogP contribution in [0, 0.1) is 17.9 Å². The van der Waals surface area contributed by atoms with E-state index in [1.807, 2.05) is 6.07 Å². The molecular weight excluding hydrogens is 196 g/mol. The van der Waals surface area contributed by atoms with Gasteiger partial charge in [0.25, 0.3) is 0 Å². The summed E-state index contributed by atoms with van der Waals surface area (Å²) in [7, 11) is 0. The molecule has 0 amide bonds. The molecule has 0 saturated heterocycles. The maximum absolute atomic E-state index is 3.41. The molecule has 1 aromatic carbocycles. The van der Waals surface area contributed by atoms with Crippen LogP contribution in [0.3, 0.4) is 0 Å². The van der Waals surface area contributed by atoms with Gasteiger partial charge in [0, 0.05) is 30.5 Å². The zero-order valence-corrected chi connectivity index (χ0v) is 10.8. The largest absolute Gasteiger partial charge is 0.385 e. The third-order valence-electron chi connectivity index (χ3n) is 2.22. The Bertz CT molecular complexity index is 278. The molecule has 2 N–H and O–H groups in total. The average Bonchev–Trinajstić information content (AvgIpc) is 2.24. The van der Waals surface area contributed by atoms with Crippen LogP contribution in [0.1, 0.15) is 27.7 Å². The predicted molar refractivity (Wildman–Crippen MR) is 71.9 cm³/mol. The third kappa shape index (κ3) is 5.06. The van der Waals surface area contributed by atoms with E-state index in [2.05, 4.69) is 56.5 Å². The Balaban J connectivity index is 2.50. The Hall–Kier alpha value is -1.18. The minimum absolute atomic E-state index is 0.653. The second-order valence-electron chi connectivity index (χ2n) is 5.04. The second-order valence-corrected chi connectivity index (χ2v) is 5.04. The molecule has 0 aliphatic carbocycles. The quantitative estimate of drug-likeness (QED) is 0.763. The van der Waals surface area contributed by atoms with Crippen molar-refractivity contribution in [2.24, 2.45) is 11.8 Å². The summed E-state index contributed by atoms with van der Waals surface area (Å²) < 4.78 is 0. The maximum Gasteiger partial charge on any atom is 0.0441 e. The lowest BCUT2D eigenvalue weighted by Gasteiger charge is -2.12. The van der Waals surface area contributed by atoms with Crippen molar-refractivity contribution in [2.75, 3.05) is 23.7 Å². The van der Waals surface area contributed by atoms with E-state index in [0.717, 1.165) is 18.8 Å². The van der Waals surface area contributed by atoms with Crippen LogP contribution in [-0.4, -0.2) is 13.1 Å². The molecule has 16 heavy (non-hydrogen) atoms. The van der Waals surface area contributed by atoms with Crippen LogP contribution in [0.25, 0.3) is 0 Å². The first-order valence-corrected chi connectivity index (χ1v) is 6.07. The number of rotatable bonds is 6. The fourth-order valence-electron chi connectivity index (χ4n) is 1.31. The molecule has 0 fully saturated rings. The first-order chi connectivity index (χ1) is 7.58. The number of hydrogen-bond donors (Lipinski definition) is 2. The monoisotopic (exact) mass is 219 g/mol. The summed E-state index contributed by atoms with van der Waals surface area (Å²) in [4.78, 5) is 0. The van der Waals surface area contributed by atoms with Gasteiger partial charge in [-0.2, -0.15) is 0 Å². The Kier molecular flexibility index (Phi) is 5.17. The molecule has 0 spiro atoms. The Labute approximate surface area is 99.5 Å². The van der Waals surface area contributed by atoms with Crippen molar-refractivity contribution >= 4 is 11.4 Å². The topological polar surface area (TPSA) is 24.1 Å². The van der Waals surface area contributed by atoms with Gasteiger partial charge in [0.15, 0.2) is 0 Å². The highest BCUT2D eigenvalue weighted by molar-refractivity contribution is 5.55. The zero-order valence-electron chi connectivity index (χ0n) is 10.8. The SMILES string of the molecule is CC(C)CNc1[c]ccc(NCC(C)C)c1. The third-order valence-corrected chi connectivity index (χ3v) is 2.22. The number of hydrogen-bond acceptors (Lipinski definition) is 2. The van der Waals surface area contributed by atoms with Gasteiger partial charge in [0.05, 0.1) is 0 Å². The fraction of sp³-hybridized carbons (Fsp3) is 0.571. The zero-order chi connectivity index (χ0) is 12.0. The van der Waals surface area contributed by atoms with Gasteiger partial charge in [-0.1, -0.05) is 33.8 Å². The molecule has 0 atom stereocenters. The van der Waals surface area contributed by atoms with Gasteiger partial charge in [-0.15, -0.1) is 0 Å². The molecule has 0 saturated carbocycles. The summed E-state index contributed by atoms with van der Waals surface area (Å²) in [5.74, 6) is 1.32. The van der Waals surface area contributed by atoms with Crippen molar-refractivity contribution in [3.8, 4) is 0 Å². The summed E-state index contributed by atoms with van der Waals surface area (Å²) in [6, 6.07) is 9.34. The van der Waals surface area contributed by atoms with E-state index in [4.69, 9.17) is 0 Å². The van der Waals surface area contributed by atoms with Gasteiger partial charge in [-0.05, 0) is 24.0 Å². The average molecular weight is 219 g/mol. The predicted octanol–water partition coefficient (Wildman–Crippen LogP) is 3.62. The van der Waals surface area contributed by atoms with Crippen LogP contribution in [0.2, 0.25) is 0 Å². The molecule has 89 valence electrons. The molecule has 2 nitrogen and oxygen atoms in total. The first-order valence-electron chi connectivity index (χ1n) is 6.07. The highest BCUT2D eigenvalue weighted by Crippen LogP contribution is 2.15. The Morgan fingerprint density at radius 3 is 2.31 bits per heavy atom. The molecular formula is C14H23N2. The molecule has 1 rings (SSSR count). The van der Waals surface area contributed by atoms with Crippen molar-refractivity contribution in [3.63, 3.8) is 0 Å². The number of anilines is 2. The summed E-state index contributed by atoms with van der Waals surface area (Å²) in [5.41, 5.74) is 2.24. The van der Waals surface area contributed by atoms with Crippen molar-refractivity contribution < 1.29 is 0 Å². The molecule has 0 aliphatic heterocycles. The number of benzene rings is 1. The number of nitrogens with one attached hydrogen (secondary N) is 2. The smallest absolute Gasteiger partial charge is 0.0441 e. The van der Waals surface area contributed by atoms with Crippen LogP contribution in [0.15, 0.2) is 18.2 Å². The standard InChI is InChI=1S/C14H23N2/c1-11(2)9-15-13-6-5-7-14(8-13)16-10-12(3)4/h5-6,8,11-12,15-16H,9-10H2,1-4H3. The highest BCUT2D eigenvalue weighted by atomic mass is 14.9. The summed E-state index contributed by atoms with van der Waals surface area (Å²) in [6.07, 6.45) is 0. The minimum Gasteiger partial charge on any atom is -0.385 e. The van der Waals surface area contributed by atoms with Gasteiger partial charge in [-0.25, -0.2) is 0 Å².